The van der Waals surface area contributed by atoms with Gasteiger partial charge in [0.25, 0.3) is 0 Å². The lowest BCUT2D eigenvalue weighted by molar-refractivity contribution is -0.116. The largest absolute Gasteiger partial charge is 0.497 e. The van der Waals surface area contributed by atoms with Gasteiger partial charge in [-0.15, -0.1) is 0 Å². The molecule has 1 aromatic rings. The van der Waals surface area contributed by atoms with Crippen LogP contribution in [0.4, 0.5) is 5.69 Å². The molecule has 1 heterocycles. The highest BCUT2D eigenvalue weighted by Crippen LogP contribution is 2.34. The predicted molar refractivity (Wildman–Crippen MR) is 59.3 cm³/mol. The Bertz CT molecular complexity index is 476. The number of anilines is 1. The number of amides is 1. The average Bonchev–Trinajstić information content (AvgIpc) is 2.65. The normalized spacial score (nSPS) is 17.8. The van der Waals surface area contributed by atoms with Crippen LogP contribution in [0.1, 0.15) is 12.5 Å². The number of benzene rings is 1. The van der Waals surface area contributed by atoms with Crippen molar-refractivity contribution in [1.29, 1.82) is 5.26 Å². The van der Waals surface area contributed by atoms with Gasteiger partial charge in [0.05, 0.1) is 13.2 Å². The van der Waals surface area contributed by atoms with Gasteiger partial charge in [-0.1, -0.05) is 0 Å². The summed E-state index contributed by atoms with van der Waals surface area (Å²) in [5, 5.41) is 9.01. The van der Waals surface area contributed by atoms with Crippen LogP contribution in [0.5, 0.6) is 5.75 Å². The van der Waals surface area contributed by atoms with Crippen LogP contribution in [0.3, 0.4) is 0 Å². The number of carbonyl (C=O) groups excluding carboxylic acids is 1. The highest BCUT2D eigenvalue weighted by atomic mass is 16.5. The summed E-state index contributed by atoms with van der Waals surface area (Å²) in [7, 11) is 1.60. The fourth-order valence-electron chi connectivity index (χ4n) is 2.05. The molecule has 0 saturated carbocycles. The summed E-state index contributed by atoms with van der Waals surface area (Å²) in [6.45, 7) is 1.48. The van der Waals surface area contributed by atoms with Gasteiger partial charge in [-0.2, -0.15) is 5.26 Å². The van der Waals surface area contributed by atoms with Gasteiger partial charge >= 0.3 is 0 Å². The Morgan fingerprint density at radius 1 is 1.62 bits per heavy atom. The molecule has 0 N–H and O–H groups in total. The van der Waals surface area contributed by atoms with Gasteiger partial charge in [-0.25, -0.2) is 0 Å². The molecule has 0 bridgehead atoms. The van der Waals surface area contributed by atoms with Crippen molar-refractivity contribution in [3.8, 4) is 11.8 Å². The summed E-state index contributed by atoms with van der Waals surface area (Å²) >= 11 is 0. The second-order valence-electron chi connectivity index (χ2n) is 3.73. The fourth-order valence-corrected chi connectivity index (χ4v) is 2.05. The minimum atomic E-state index is -0.389. The van der Waals surface area contributed by atoms with Crippen molar-refractivity contribution in [2.45, 2.75) is 19.4 Å². The van der Waals surface area contributed by atoms with E-state index in [0.29, 0.717) is 6.42 Å². The zero-order chi connectivity index (χ0) is 11.7. The molecule has 1 unspecified atom stereocenters. The van der Waals surface area contributed by atoms with Crippen molar-refractivity contribution in [2.75, 3.05) is 12.0 Å². The van der Waals surface area contributed by atoms with E-state index in [1.165, 1.54) is 11.8 Å². The van der Waals surface area contributed by atoms with E-state index >= 15 is 0 Å². The molecule has 1 aliphatic rings. The maximum Gasteiger partial charge on any atom is 0.225 e. The number of nitriles is 1. The third kappa shape index (κ3) is 1.50. The number of nitrogens with zero attached hydrogens (tertiary/aromatic N) is 2. The molecule has 1 aliphatic heterocycles. The van der Waals surface area contributed by atoms with E-state index < -0.39 is 0 Å². The van der Waals surface area contributed by atoms with Crippen LogP contribution in [0.2, 0.25) is 0 Å². The molecular weight excluding hydrogens is 204 g/mol. The van der Waals surface area contributed by atoms with E-state index in [1.54, 1.807) is 13.2 Å². The van der Waals surface area contributed by atoms with E-state index in [0.717, 1.165) is 17.0 Å². The van der Waals surface area contributed by atoms with Crippen LogP contribution >= 0.6 is 0 Å². The first-order valence-corrected chi connectivity index (χ1v) is 5.03. The van der Waals surface area contributed by atoms with Crippen molar-refractivity contribution in [3.05, 3.63) is 23.8 Å². The van der Waals surface area contributed by atoms with E-state index in [1.807, 2.05) is 12.1 Å². The third-order valence-electron chi connectivity index (χ3n) is 2.76. The van der Waals surface area contributed by atoms with E-state index in [4.69, 9.17) is 10.00 Å². The molecule has 1 atom stereocenters. The lowest BCUT2D eigenvalue weighted by atomic mass is 10.1. The van der Waals surface area contributed by atoms with Crippen LogP contribution in [0, 0.1) is 11.3 Å². The number of carbonyl (C=O) groups is 1. The molecular formula is C12H12N2O2. The standard InChI is InChI=1S/C12H12N2O2/c1-8(15)14-10(7-13)5-9-6-11(16-2)3-4-12(9)14/h3-4,6,10H,5H2,1-2H3. The van der Waals surface area contributed by atoms with Crippen molar-refractivity contribution in [1.82, 2.24) is 0 Å². The molecule has 0 aliphatic carbocycles. The van der Waals surface area contributed by atoms with Crippen LogP contribution in [0.25, 0.3) is 0 Å². The minimum Gasteiger partial charge on any atom is -0.497 e. The number of ether oxygens (including phenoxy) is 1. The lowest BCUT2D eigenvalue weighted by Gasteiger charge is -2.18. The smallest absolute Gasteiger partial charge is 0.225 e. The first-order valence-electron chi connectivity index (χ1n) is 5.03. The monoisotopic (exact) mass is 216 g/mol. The van der Waals surface area contributed by atoms with Gasteiger partial charge in [0, 0.05) is 19.0 Å². The molecule has 1 aromatic carbocycles. The van der Waals surface area contributed by atoms with Gasteiger partial charge in [0.1, 0.15) is 11.8 Å². The molecule has 82 valence electrons. The molecule has 0 radical (unpaired) electrons. The van der Waals surface area contributed by atoms with Crippen LogP contribution in [-0.4, -0.2) is 19.1 Å². The Labute approximate surface area is 94.0 Å². The van der Waals surface area contributed by atoms with Crippen LogP contribution < -0.4 is 9.64 Å². The Balaban J connectivity index is 2.46. The molecule has 4 heteroatoms. The van der Waals surface area contributed by atoms with Crippen LogP contribution in [-0.2, 0) is 11.2 Å². The van der Waals surface area contributed by atoms with E-state index in [2.05, 4.69) is 6.07 Å². The second kappa shape index (κ2) is 3.86. The first-order chi connectivity index (χ1) is 7.67. The quantitative estimate of drug-likeness (QED) is 0.714. The molecule has 0 fully saturated rings. The molecule has 16 heavy (non-hydrogen) atoms. The summed E-state index contributed by atoms with van der Waals surface area (Å²) < 4.78 is 5.12. The van der Waals surface area contributed by atoms with Crippen molar-refractivity contribution >= 4 is 11.6 Å². The zero-order valence-electron chi connectivity index (χ0n) is 9.23. The molecule has 1 amide bonds. The summed E-state index contributed by atoms with van der Waals surface area (Å²) in [6.07, 6.45) is 0.572. The first kappa shape index (κ1) is 10.5. The number of hydrogen-bond acceptors (Lipinski definition) is 3. The topological polar surface area (TPSA) is 53.3 Å². The zero-order valence-corrected chi connectivity index (χ0v) is 9.23. The molecule has 0 saturated heterocycles. The average molecular weight is 216 g/mol. The van der Waals surface area contributed by atoms with Gasteiger partial charge in [-0.05, 0) is 23.8 Å². The van der Waals surface area contributed by atoms with Crippen molar-refractivity contribution in [2.24, 2.45) is 0 Å². The van der Waals surface area contributed by atoms with Gasteiger partial charge in [0.2, 0.25) is 5.91 Å². The molecule has 0 spiro atoms. The Morgan fingerprint density at radius 2 is 2.38 bits per heavy atom. The van der Waals surface area contributed by atoms with Crippen molar-refractivity contribution < 1.29 is 9.53 Å². The third-order valence-corrected chi connectivity index (χ3v) is 2.76. The van der Waals surface area contributed by atoms with Crippen molar-refractivity contribution in [3.63, 3.8) is 0 Å². The van der Waals surface area contributed by atoms with E-state index in [-0.39, 0.29) is 11.9 Å². The van der Waals surface area contributed by atoms with Gasteiger partial charge in [-0.3, -0.25) is 9.69 Å². The highest BCUT2D eigenvalue weighted by Gasteiger charge is 2.32. The Kier molecular flexibility index (Phi) is 2.53. The minimum absolute atomic E-state index is 0.101. The number of methoxy groups -OCH3 is 1. The lowest BCUT2D eigenvalue weighted by Crippen LogP contribution is -2.34. The molecule has 0 aromatic heterocycles. The molecule has 4 nitrogen and oxygen atoms in total. The fraction of sp³-hybridized carbons (Fsp3) is 0.333. The number of hydrogen-bond donors (Lipinski definition) is 0. The van der Waals surface area contributed by atoms with Gasteiger partial charge in [0.15, 0.2) is 0 Å². The van der Waals surface area contributed by atoms with E-state index in [9.17, 15) is 4.79 Å². The SMILES string of the molecule is COc1ccc2c(c1)CC(C#N)N2C(C)=O. The maximum atomic E-state index is 11.5. The Morgan fingerprint density at radius 3 is 2.94 bits per heavy atom. The summed E-state index contributed by atoms with van der Waals surface area (Å²) in [6, 6.07) is 7.26. The van der Waals surface area contributed by atoms with Crippen LogP contribution in [0.15, 0.2) is 18.2 Å². The number of rotatable bonds is 1. The highest BCUT2D eigenvalue weighted by molar-refractivity contribution is 5.95. The summed E-state index contributed by atoms with van der Waals surface area (Å²) in [4.78, 5) is 13.0. The summed E-state index contributed by atoms with van der Waals surface area (Å²) in [5.74, 6) is 0.649. The number of fused-ring (bicyclic) bond motifs is 1. The maximum absolute atomic E-state index is 11.5. The Hall–Kier alpha value is -2.02. The summed E-state index contributed by atoms with van der Waals surface area (Å²) in [5.41, 5.74) is 1.81. The molecule has 2 rings (SSSR count). The second-order valence-corrected chi connectivity index (χ2v) is 3.73. The predicted octanol–water partition coefficient (Wildman–Crippen LogP) is 1.50. The van der Waals surface area contributed by atoms with Gasteiger partial charge < -0.3 is 4.74 Å².